The predicted octanol–water partition coefficient (Wildman–Crippen LogP) is 3.36. The Hall–Kier alpha value is -5.08. The average molecular weight is 523 g/mol. The largest absolute Gasteiger partial charge is 0.382 e. The molecule has 3 N–H and O–H groups in total. The lowest BCUT2D eigenvalue weighted by Gasteiger charge is -2.22. The summed E-state index contributed by atoms with van der Waals surface area (Å²) in [6.07, 6.45) is 9.72. The van der Waals surface area contributed by atoms with Crippen LogP contribution in [0.3, 0.4) is 0 Å². The first-order valence-electron chi connectivity index (χ1n) is 12.4. The molecule has 11 nitrogen and oxygen atoms in total. The van der Waals surface area contributed by atoms with Crippen molar-refractivity contribution in [3.63, 3.8) is 0 Å². The van der Waals surface area contributed by atoms with Crippen molar-refractivity contribution in [3.05, 3.63) is 84.1 Å². The standard InChI is InChI=1S/C28H26N8O3/c1-39-15-3-5-23(37)35-13-2-4-21(35)27-34-24(25-26(30)32-12-14-36(25)27)19-6-8-20(9-7-19)28(38)33-22-16-18(17-29)10-11-31-22/h3,5-12,14,16,21H,2,4,13,15H2,1H3,(H2,30,32)(H,31,33,38). The third-order valence-corrected chi connectivity index (χ3v) is 6.52. The van der Waals surface area contributed by atoms with E-state index in [0.717, 1.165) is 18.4 Å². The number of nitrogens with two attached hydrogens (primary N) is 1. The van der Waals surface area contributed by atoms with Gasteiger partial charge in [0, 0.05) is 49.4 Å². The van der Waals surface area contributed by atoms with E-state index in [1.54, 1.807) is 55.9 Å². The van der Waals surface area contributed by atoms with Crippen LogP contribution in [-0.4, -0.2) is 56.3 Å². The molecular formula is C28H26N8O3. The summed E-state index contributed by atoms with van der Waals surface area (Å²) in [6.45, 7) is 0.987. The summed E-state index contributed by atoms with van der Waals surface area (Å²) in [5.41, 5.74) is 9.10. The van der Waals surface area contributed by atoms with Gasteiger partial charge in [-0.25, -0.2) is 15.0 Å². The number of nitrogen functional groups attached to an aromatic ring is 1. The summed E-state index contributed by atoms with van der Waals surface area (Å²) >= 11 is 0. The number of likely N-dealkylation sites (tertiary alicyclic amines) is 1. The van der Waals surface area contributed by atoms with Gasteiger partial charge in [0.15, 0.2) is 0 Å². The Kier molecular flexibility index (Phi) is 7.29. The van der Waals surface area contributed by atoms with E-state index in [9.17, 15) is 9.59 Å². The van der Waals surface area contributed by atoms with Gasteiger partial charge >= 0.3 is 0 Å². The molecule has 2 amide bonds. The first kappa shape index (κ1) is 25.6. The zero-order chi connectivity index (χ0) is 27.4. The number of imidazole rings is 1. The third-order valence-electron chi connectivity index (χ3n) is 6.52. The highest BCUT2D eigenvalue weighted by molar-refractivity contribution is 6.04. The second-order valence-electron chi connectivity index (χ2n) is 8.97. The number of methoxy groups -OCH3 is 1. The molecule has 1 aliphatic heterocycles. The number of aromatic nitrogens is 4. The maximum absolute atomic E-state index is 12.9. The van der Waals surface area contributed by atoms with E-state index in [4.69, 9.17) is 20.7 Å². The number of amides is 2. The number of nitrogens with zero attached hydrogens (tertiary/aromatic N) is 6. The summed E-state index contributed by atoms with van der Waals surface area (Å²) < 4.78 is 6.91. The Morgan fingerprint density at radius 3 is 2.82 bits per heavy atom. The molecular weight excluding hydrogens is 496 g/mol. The molecule has 0 bridgehead atoms. The van der Waals surface area contributed by atoms with Crippen LogP contribution in [0.1, 0.15) is 40.6 Å². The highest BCUT2D eigenvalue weighted by Gasteiger charge is 2.33. The van der Waals surface area contributed by atoms with E-state index in [1.807, 2.05) is 15.4 Å². The lowest BCUT2D eigenvalue weighted by atomic mass is 10.1. The molecule has 5 rings (SSSR count). The maximum Gasteiger partial charge on any atom is 0.256 e. The van der Waals surface area contributed by atoms with Crippen LogP contribution in [0.5, 0.6) is 0 Å². The third kappa shape index (κ3) is 5.18. The van der Waals surface area contributed by atoms with Gasteiger partial charge in [0.25, 0.3) is 5.91 Å². The molecule has 0 spiro atoms. The topological polar surface area (TPSA) is 152 Å². The molecule has 1 unspecified atom stereocenters. The lowest BCUT2D eigenvalue weighted by Crippen LogP contribution is -2.30. The Bertz CT molecular complexity index is 1600. The number of carbonyl (C=O) groups is 2. The number of rotatable bonds is 7. The molecule has 1 aromatic carbocycles. The van der Waals surface area contributed by atoms with E-state index < -0.39 is 0 Å². The lowest BCUT2D eigenvalue weighted by molar-refractivity contribution is -0.127. The molecule has 3 aromatic heterocycles. The van der Waals surface area contributed by atoms with E-state index >= 15 is 0 Å². The van der Waals surface area contributed by atoms with Gasteiger partial charge in [-0.1, -0.05) is 18.2 Å². The van der Waals surface area contributed by atoms with E-state index in [0.29, 0.717) is 52.9 Å². The molecule has 11 heteroatoms. The molecule has 39 heavy (non-hydrogen) atoms. The van der Waals surface area contributed by atoms with Crippen molar-refractivity contribution in [1.29, 1.82) is 5.26 Å². The van der Waals surface area contributed by atoms with Crippen LogP contribution in [0.25, 0.3) is 16.8 Å². The Labute approximate surface area is 224 Å². The van der Waals surface area contributed by atoms with Gasteiger partial charge in [0.2, 0.25) is 5.91 Å². The van der Waals surface area contributed by atoms with Gasteiger partial charge in [-0.3, -0.25) is 14.0 Å². The number of hydrogen-bond donors (Lipinski definition) is 2. The number of pyridine rings is 1. The second kappa shape index (κ2) is 11.1. The number of carbonyl (C=O) groups excluding carboxylic acids is 2. The molecule has 4 aromatic rings. The molecule has 1 aliphatic rings. The Morgan fingerprint density at radius 1 is 1.23 bits per heavy atom. The zero-order valence-corrected chi connectivity index (χ0v) is 21.2. The van der Waals surface area contributed by atoms with E-state index in [-0.39, 0.29) is 17.9 Å². The molecule has 1 saturated heterocycles. The van der Waals surface area contributed by atoms with Crippen LogP contribution in [0, 0.1) is 11.3 Å². The highest BCUT2D eigenvalue weighted by atomic mass is 16.5. The van der Waals surface area contributed by atoms with Crippen LogP contribution in [0.4, 0.5) is 11.6 Å². The molecule has 0 radical (unpaired) electrons. The van der Waals surface area contributed by atoms with Gasteiger partial charge in [-0.2, -0.15) is 5.26 Å². The summed E-state index contributed by atoms with van der Waals surface area (Å²) in [5, 5.41) is 11.8. The van der Waals surface area contributed by atoms with Crippen molar-refractivity contribution in [1.82, 2.24) is 24.3 Å². The van der Waals surface area contributed by atoms with Gasteiger partial charge in [0.05, 0.1) is 24.3 Å². The minimum absolute atomic E-state index is 0.0972. The number of nitriles is 1. The fourth-order valence-electron chi connectivity index (χ4n) is 4.70. The smallest absolute Gasteiger partial charge is 0.256 e. The van der Waals surface area contributed by atoms with Gasteiger partial charge in [0.1, 0.15) is 28.7 Å². The minimum atomic E-state index is -0.359. The summed E-state index contributed by atoms with van der Waals surface area (Å²) in [7, 11) is 1.58. The number of anilines is 2. The maximum atomic E-state index is 12.9. The SMILES string of the molecule is COCC=CC(=O)N1CCCC1c1nc(-c2ccc(C(=O)Nc3cc(C#N)ccn3)cc2)c2c(N)nccn12. The number of fused-ring (bicyclic) bond motifs is 1. The molecule has 0 aliphatic carbocycles. The van der Waals surface area contributed by atoms with E-state index in [2.05, 4.69) is 15.3 Å². The van der Waals surface area contributed by atoms with Crippen LogP contribution >= 0.6 is 0 Å². The monoisotopic (exact) mass is 522 g/mol. The number of nitrogens with one attached hydrogen (secondary N) is 1. The van der Waals surface area contributed by atoms with Crippen molar-refractivity contribution in [2.45, 2.75) is 18.9 Å². The second-order valence-corrected chi connectivity index (χ2v) is 8.97. The first-order valence-corrected chi connectivity index (χ1v) is 12.4. The number of benzene rings is 1. The predicted molar refractivity (Wildman–Crippen MR) is 144 cm³/mol. The Morgan fingerprint density at radius 2 is 2.05 bits per heavy atom. The van der Waals surface area contributed by atoms with E-state index in [1.165, 1.54) is 18.3 Å². The summed E-state index contributed by atoms with van der Waals surface area (Å²) in [6, 6.07) is 11.8. The first-order chi connectivity index (χ1) is 19.0. The fraction of sp³-hybridized carbons (Fsp3) is 0.214. The molecule has 1 atom stereocenters. The van der Waals surface area contributed by atoms with Gasteiger partial charge < -0.3 is 20.7 Å². The summed E-state index contributed by atoms with van der Waals surface area (Å²) in [4.78, 5) is 40.8. The molecule has 1 fully saturated rings. The van der Waals surface area contributed by atoms with Crippen LogP contribution in [-0.2, 0) is 9.53 Å². The van der Waals surface area contributed by atoms with Crippen molar-refractivity contribution in [2.24, 2.45) is 0 Å². The van der Waals surface area contributed by atoms with Crippen molar-refractivity contribution in [2.75, 3.05) is 31.3 Å². The van der Waals surface area contributed by atoms with Crippen LogP contribution in [0.15, 0.2) is 67.1 Å². The number of hydrogen-bond acceptors (Lipinski definition) is 8. The molecule has 196 valence electrons. The van der Waals surface area contributed by atoms with Crippen LogP contribution < -0.4 is 11.1 Å². The van der Waals surface area contributed by atoms with Gasteiger partial charge in [-0.15, -0.1) is 0 Å². The molecule has 0 saturated carbocycles. The quantitative estimate of drug-likeness (QED) is 0.351. The van der Waals surface area contributed by atoms with Crippen LogP contribution in [0.2, 0.25) is 0 Å². The molecule has 4 heterocycles. The van der Waals surface area contributed by atoms with Crippen molar-refractivity contribution < 1.29 is 14.3 Å². The zero-order valence-electron chi connectivity index (χ0n) is 21.2. The fourth-order valence-corrected chi connectivity index (χ4v) is 4.70. The van der Waals surface area contributed by atoms with Gasteiger partial charge in [-0.05, 0) is 37.1 Å². The van der Waals surface area contributed by atoms with Crippen molar-refractivity contribution >= 4 is 29.0 Å². The minimum Gasteiger partial charge on any atom is -0.382 e. The average Bonchev–Trinajstić information content (AvgIpc) is 3.59. The normalized spacial score (nSPS) is 15.1. The highest BCUT2D eigenvalue weighted by Crippen LogP contribution is 2.36. The summed E-state index contributed by atoms with van der Waals surface area (Å²) in [5.74, 6) is 0.847. The van der Waals surface area contributed by atoms with Crippen molar-refractivity contribution in [3.8, 4) is 17.3 Å². The number of ether oxygens (including phenoxy) is 1. The Balaban J connectivity index is 1.45.